The lowest BCUT2D eigenvalue weighted by Crippen LogP contribution is -2.54. The Morgan fingerprint density at radius 3 is 2.50 bits per heavy atom. The summed E-state index contributed by atoms with van der Waals surface area (Å²) in [6, 6.07) is 0. The Morgan fingerprint density at radius 1 is 1.03 bits per heavy atom. The molecule has 1 heterocycles. The minimum atomic E-state index is -0.457. The van der Waals surface area contributed by atoms with Crippen molar-refractivity contribution in [2.45, 2.75) is 110 Å². The monoisotopic (exact) mass is 448 g/mol. The normalized spacial score (nSPS) is 54.3. The molecule has 2 N–H and O–H groups in total. The largest absolute Gasteiger partial charge is 0.396 e. The van der Waals surface area contributed by atoms with Crippen molar-refractivity contribution in [3.63, 3.8) is 0 Å². The van der Waals surface area contributed by atoms with Crippen molar-refractivity contribution in [2.24, 2.45) is 52.3 Å². The van der Waals surface area contributed by atoms with Gasteiger partial charge < -0.3 is 19.7 Å². The Morgan fingerprint density at radius 2 is 1.78 bits per heavy atom. The average molecular weight is 449 g/mol. The Kier molecular flexibility index (Phi) is 6.26. The molecule has 0 aromatic rings. The quantitative estimate of drug-likeness (QED) is 0.618. The topological polar surface area (TPSA) is 58.9 Å². The molecule has 5 rings (SSSR count). The van der Waals surface area contributed by atoms with Crippen LogP contribution in [0, 0.1) is 52.3 Å². The van der Waals surface area contributed by atoms with Crippen molar-refractivity contribution < 1.29 is 19.7 Å². The molecule has 0 spiro atoms. The number of hydrogen-bond acceptors (Lipinski definition) is 4. The van der Waals surface area contributed by atoms with Crippen LogP contribution in [0.1, 0.15) is 85.5 Å². The highest BCUT2D eigenvalue weighted by atomic mass is 16.5. The first-order valence-corrected chi connectivity index (χ1v) is 13.7. The second kappa shape index (κ2) is 8.50. The van der Waals surface area contributed by atoms with Gasteiger partial charge in [0.05, 0.1) is 24.4 Å². The van der Waals surface area contributed by atoms with Crippen LogP contribution in [0.25, 0.3) is 0 Å². The van der Waals surface area contributed by atoms with Crippen molar-refractivity contribution in [1.29, 1.82) is 0 Å². The van der Waals surface area contributed by atoms with Crippen molar-refractivity contribution in [3.05, 3.63) is 0 Å². The molecule has 5 fully saturated rings. The van der Waals surface area contributed by atoms with Crippen LogP contribution < -0.4 is 0 Å². The van der Waals surface area contributed by atoms with Gasteiger partial charge in [-0.2, -0.15) is 0 Å². The first-order valence-electron chi connectivity index (χ1n) is 13.7. The molecule has 0 unspecified atom stereocenters. The molecule has 32 heavy (non-hydrogen) atoms. The van der Waals surface area contributed by atoms with E-state index in [1.165, 1.54) is 51.4 Å². The van der Waals surface area contributed by atoms with Crippen LogP contribution in [0.2, 0.25) is 0 Å². The third kappa shape index (κ3) is 3.45. The number of rotatable bonds is 5. The number of aliphatic hydroxyl groups excluding tert-OH is 2. The molecule has 0 aromatic carbocycles. The predicted octanol–water partition coefficient (Wildman–Crippen LogP) is 5.05. The second-order valence-electron chi connectivity index (χ2n) is 13.2. The minimum Gasteiger partial charge on any atom is -0.396 e. The van der Waals surface area contributed by atoms with Crippen molar-refractivity contribution in [3.8, 4) is 0 Å². The van der Waals surface area contributed by atoms with Gasteiger partial charge in [-0.1, -0.05) is 27.7 Å². The average Bonchev–Trinajstić information content (AvgIpc) is 3.27. The van der Waals surface area contributed by atoms with Crippen LogP contribution in [0.15, 0.2) is 0 Å². The molecule has 0 radical (unpaired) electrons. The summed E-state index contributed by atoms with van der Waals surface area (Å²) in [5.74, 6) is 4.46. The molecule has 5 aliphatic rings. The lowest BCUT2D eigenvalue weighted by atomic mass is 9.44. The van der Waals surface area contributed by atoms with Crippen LogP contribution in [0.3, 0.4) is 0 Å². The highest BCUT2D eigenvalue weighted by Crippen LogP contribution is 2.70. The lowest BCUT2D eigenvalue weighted by Gasteiger charge is -2.61. The fourth-order valence-corrected chi connectivity index (χ4v) is 10.1. The van der Waals surface area contributed by atoms with Crippen LogP contribution in [-0.2, 0) is 9.47 Å². The molecule has 0 aromatic heterocycles. The van der Waals surface area contributed by atoms with Gasteiger partial charge in [-0.3, -0.25) is 0 Å². The van der Waals surface area contributed by atoms with Crippen LogP contribution in [0.4, 0.5) is 0 Å². The van der Waals surface area contributed by atoms with E-state index in [1.54, 1.807) is 0 Å². The van der Waals surface area contributed by atoms with Crippen molar-refractivity contribution in [2.75, 3.05) is 13.7 Å². The number of ether oxygens (including phenoxy) is 2. The third-order valence-corrected chi connectivity index (χ3v) is 11.8. The van der Waals surface area contributed by atoms with Crippen molar-refractivity contribution in [1.82, 2.24) is 0 Å². The Balaban J connectivity index is 1.32. The molecule has 1 aliphatic heterocycles. The maximum Gasteiger partial charge on any atom is 0.0867 e. The molecule has 1 saturated heterocycles. The van der Waals surface area contributed by atoms with Gasteiger partial charge in [0.25, 0.3) is 0 Å². The molecule has 4 nitrogen and oxygen atoms in total. The Bertz CT molecular complexity index is 682. The van der Waals surface area contributed by atoms with Gasteiger partial charge in [-0.15, -0.1) is 0 Å². The SMILES string of the molecule is CO[C@H]1CC[C@@]2(C)[C@@H](CC[C@@H]3[C@@H]2CC[C@]2(C)[C@H]4[C@H](C)[C@@H]([C@@H](O)C[C@@H](C)CO)O[C@H]4C[C@@H]32)C1. The van der Waals surface area contributed by atoms with E-state index in [9.17, 15) is 10.2 Å². The molecule has 13 atom stereocenters. The summed E-state index contributed by atoms with van der Waals surface area (Å²) in [6.45, 7) is 9.70. The fraction of sp³-hybridized carbons (Fsp3) is 1.00. The van der Waals surface area contributed by atoms with Crippen molar-refractivity contribution >= 4 is 0 Å². The van der Waals surface area contributed by atoms with Crippen LogP contribution in [0.5, 0.6) is 0 Å². The lowest BCUT2D eigenvalue weighted by molar-refractivity contribution is -0.135. The first-order chi connectivity index (χ1) is 15.2. The van der Waals surface area contributed by atoms with E-state index in [-0.39, 0.29) is 18.6 Å². The maximum absolute atomic E-state index is 10.9. The molecular formula is C28H48O4. The molecule has 0 amide bonds. The smallest absolute Gasteiger partial charge is 0.0867 e. The van der Waals surface area contributed by atoms with Gasteiger partial charge in [0.2, 0.25) is 0 Å². The zero-order valence-electron chi connectivity index (χ0n) is 21.1. The summed E-state index contributed by atoms with van der Waals surface area (Å²) < 4.78 is 12.4. The molecule has 4 heteroatoms. The summed E-state index contributed by atoms with van der Waals surface area (Å²) in [6.07, 6.45) is 11.5. The van der Waals surface area contributed by atoms with Gasteiger partial charge in [0.15, 0.2) is 0 Å². The summed E-state index contributed by atoms with van der Waals surface area (Å²) in [5.41, 5.74) is 0.859. The third-order valence-electron chi connectivity index (χ3n) is 11.8. The maximum atomic E-state index is 10.9. The summed E-state index contributed by atoms with van der Waals surface area (Å²) >= 11 is 0. The van der Waals surface area contributed by atoms with E-state index in [0.29, 0.717) is 41.3 Å². The second-order valence-corrected chi connectivity index (χ2v) is 13.2. The zero-order chi connectivity index (χ0) is 22.8. The van der Waals surface area contributed by atoms with E-state index < -0.39 is 6.10 Å². The van der Waals surface area contributed by atoms with Gasteiger partial charge in [0, 0.05) is 13.7 Å². The highest BCUT2D eigenvalue weighted by molar-refractivity contribution is 5.14. The van der Waals surface area contributed by atoms with Crippen LogP contribution in [-0.4, -0.2) is 48.3 Å². The zero-order valence-corrected chi connectivity index (χ0v) is 21.1. The fourth-order valence-electron chi connectivity index (χ4n) is 10.1. The van der Waals surface area contributed by atoms with Gasteiger partial charge in [0.1, 0.15) is 0 Å². The van der Waals surface area contributed by atoms with Crippen LogP contribution >= 0.6 is 0 Å². The molecule has 4 aliphatic carbocycles. The molecular weight excluding hydrogens is 400 g/mol. The number of methoxy groups -OCH3 is 1. The van der Waals surface area contributed by atoms with E-state index in [4.69, 9.17) is 9.47 Å². The highest BCUT2D eigenvalue weighted by Gasteiger charge is 2.66. The summed E-state index contributed by atoms with van der Waals surface area (Å²) in [4.78, 5) is 0. The Hall–Kier alpha value is -0.160. The van der Waals surface area contributed by atoms with E-state index in [1.807, 2.05) is 14.0 Å². The van der Waals surface area contributed by atoms with E-state index >= 15 is 0 Å². The molecule has 184 valence electrons. The molecule has 0 bridgehead atoms. The molecule has 4 saturated carbocycles. The number of hydrogen-bond donors (Lipinski definition) is 2. The summed E-state index contributed by atoms with van der Waals surface area (Å²) in [5, 5.41) is 20.3. The predicted molar refractivity (Wildman–Crippen MR) is 126 cm³/mol. The number of fused-ring (bicyclic) bond motifs is 7. The van der Waals surface area contributed by atoms with E-state index in [2.05, 4.69) is 20.8 Å². The van der Waals surface area contributed by atoms with E-state index in [0.717, 1.165) is 23.7 Å². The van der Waals surface area contributed by atoms with Gasteiger partial charge in [-0.25, -0.2) is 0 Å². The number of aliphatic hydroxyl groups is 2. The standard InChI is InChI=1S/C28H48O4/c1-16(15-29)12-23(30)26-17(2)25-24(32-26)14-22-20-7-6-18-13-19(31-5)8-10-27(18,3)21(20)9-11-28(22,25)4/h16-26,29-30H,6-15H2,1-5H3/t16-,17+,18+,19+,20-,21+,22+,23+,24+,25+,26+,27+,28+/m1/s1. The summed E-state index contributed by atoms with van der Waals surface area (Å²) in [7, 11) is 1.90. The first kappa shape index (κ1) is 23.6. The van der Waals surface area contributed by atoms with Gasteiger partial charge in [-0.05, 0) is 110 Å². The van der Waals surface area contributed by atoms with Gasteiger partial charge >= 0.3 is 0 Å². The minimum absolute atomic E-state index is 0.0629. The Labute approximate surface area is 195 Å².